The summed E-state index contributed by atoms with van der Waals surface area (Å²) in [5, 5.41) is 0.464. The molecule has 0 aromatic carbocycles. The highest BCUT2D eigenvalue weighted by Crippen LogP contribution is 2.19. The molecule has 4 nitrogen and oxygen atoms in total. The molecule has 0 radical (unpaired) electrons. The summed E-state index contributed by atoms with van der Waals surface area (Å²) in [6, 6.07) is 0. The van der Waals surface area contributed by atoms with Gasteiger partial charge in [0.2, 0.25) is 0 Å². The van der Waals surface area contributed by atoms with Crippen molar-refractivity contribution in [2.45, 2.75) is 13.8 Å². The quantitative estimate of drug-likeness (QED) is 0.602. The fraction of sp³-hybridized carbons (Fsp3) is 0.375. The molecule has 0 amide bonds. The lowest BCUT2D eigenvalue weighted by molar-refractivity contribution is 0.884. The SMILES string of the molecule is Cc1nc(Cl)c2c(n1)nc(C)n2C. The summed E-state index contributed by atoms with van der Waals surface area (Å²) in [4.78, 5) is 12.5. The lowest BCUT2D eigenvalue weighted by Crippen LogP contribution is -1.94. The first-order valence-electron chi connectivity index (χ1n) is 3.93. The van der Waals surface area contributed by atoms with Gasteiger partial charge in [0.1, 0.15) is 17.2 Å². The van der Waals surface area contributed by atoms with Gasteiger partial charge in [-0.1, -0.05) is 11.6 Å². The van der Waals surface area contributed by atoms with Crippen LogP contribution in [0.2, 0.25) is 5.15 Å². The van der Waals surface area contributed by atoms with E-state index in [0.717, 1.165) is 11.3 Å². The van der Waals surface area contributed by atoms with Gasteiger partial charge in [-0.25, -0.2) is 15.0 Å². The van der Waals surface area contributed by atoms with Gasteiger partial charge < -0.3 is 4.57 Å². The van der Waals surface area contributed by atoms with Crippen LogP contribution in [-0.2, 0) is 7.05 Å². The summed E-state index contributed by atoms with van der Waals surface area (Å²) in [5.74, 6) is 1.53. The maximum atomic E-state index is 5.97. The van der Waals surface area contributed by atoms with Crippen LogP contribution in [0.5, 0.6) is 0 Å². The number of hydrogen-bond donors (Lipinski definition) is 0. The first kappa shape index (κ1) is 8.44. The number of rotatable bonds is 0. The summed E-state index contributed by atoms with van der Waals surface area (Å²) >= 11 is 5.97. The molecule has 0 aliphatic heterocycles. The molecule has 2 heterocycles. The minimum atomic E-state index is 0.464. The molecule has 2 rings (SSSR count). The average Bonchev–Trinajstić information content (AvgIpc) is 2.27. The third-order valence-corrected chi connectivity index (χ3v) is 2.29. The summed E-state index contributed by atoms with van der Waals surface area (Å²) in [5.41, 5.74) is 1.46. The van der Waals surface area contributed by atoms with Crippen LogP contribution in [0.4, 0.5) is 0 Å². The Morgan fingerprint density at radius 2 is 1.85 bits per heavy atom. The van der Waals surface area contributed by atoms with Crippen LogP contribution in [0, 0.1) is 13.8 Å². The fourth-order valence-corrected chi connectivity index (χ4v) is 1.61. The van der Waals surface area contributed by atoms with E-state index < -0.39 is 0 Å². The first-order valence-corrected chi connectivity index (χ1v) is 4.30. The average molecular weight is 197 g/mol. The van der Waals surface area contributed by atoms with Gasteiger partial charge in [-0.2, -0.15) is 0 Å². The highest BCUT2D eigenvalue weighted by Gasteiger charge is 2.10. The number of hydrogen-bond acceptors (Lipinski definition) is 3. The van der Waals surface area contributed by atoms with Gasteiger partial charge in [0, 0.05) is 7.05 Å². The summed E-state index contributed by atoms with van der Waals surface area (Å²) in [7, 11) is 1.90. The maximum Gasteiger partial charge on any atom is 0.182 e. The van der Waals surface area contributed by atoms with Crippen LogP contribution in [0.3, 0.4) is 0 Å². The molecule has 0 saturated heterocycles. The van der Waals surface area contributed by atoms with Gasteiger partial charge in [-0.15, -0.1) is 0 Å². The van der Waals surface area contributed by atoms with E-state index in [0.29, 0.717) is 16.6 Å². The van der Waals surface area contributed by atoms with Gasteiger partial charge in [-0.05, 0) is 13.8 Å². The smallest absolute Gasteiger partial charge is 0.182 e. The molecular formula is C8H9ClN4. The topological polar surface area (TPSA) is 43.6 Å². The summed E-state index contributed by atoms with van der Waals surface area (Å²) < 4.78 is 1.89. The van der Waals surface area contributed by atoms with Crippen LogP contribution in [0.15, 0.2) is 0 Å². The van der Waals surface area contributed by atoms with Gasteiger partial charge in [-0.3, -0.25) is 0 Å². The van der Waals surface area contributed by atoms with Crippen molar-refractivity contribution in [1.82, 2.24) is 19.5 Å². The van der Waals surface area contributed by atoms with Crippen molar-refractivity contribution in [2.24, 2.45) is 7.05 Å². The molecule has 0 saturated carbocycles. The second-order valence-corrected chi connectivity index (χ2v) is 3.31. The predicted octanol–water partition coefficient (Wildman–Crippen LogP) is 1.63. The third kappa shape index (κ3) is 1.18. The Labute approximate surface area is 80.6 Å². The number of halogens is 1. The molecule has 0 aliphatic rings. The molecule has 0 bridgehead atoms. The summed E-state index contributed by atoms with van der Waals surface area (Å²) in [6.07, 6.45) is 0. The van der Waals surface area contributed by atoms with E-state index >= 15 is 0 Å². The van der Waals surface area contributed by atoms with E-state index in [1.165, 1.54) is 0 Å². The van der Waals surface area contributed by atoms with Crippen molar-refractivity contribution in [2.75, 3.05) is 0 Å². The molecular weight excluding hydrogens is 188 g/mol. The Balaban J connectivity index is 2.94. The van der Waals surface area contributed by atoms with E-state index in [4.69, 9.17) is 11.6 Å². The fourth-order valence-electron chi connectivity index (χ4n) is 1.27. The standard InChI is InChI=1S/C8H9ClN4/c1-4-10-7(9)6-8(11-4)12-5(2)13(6)3/h1-3H3. The van der Waals surface area contributed by atoms with Crippen molar-refractivity contribution in [3.63, 3.8) is 0 Å². The van der Waals surface area contributed by atoms with Crippen molar-refractivity contribution in [3.05, 3.63) is 16.8 Å². The second kappa shape index (κ2) is 2.67. The zero-order valence-electron chi connectivity index (χ0n) is 7.67. The molecule has 0 atom stereocenters. The van der Waals surface area contributed by atoms with Gasteiger partial charge >= 0.3 is 0 Å². The van der Waals surface area contributed by atoms with E-state index in [1.54, 1.807) is 6.92 Å². The Morgan fingerprint density at radius 3 is 2.54 bits per heavy atom. The van der Waals surface area contributed by atoms with Crippen LogP contribution in [0.25, 0.3) is 11.2 Å². The molecule has 0 N–H and O–H groups in total. The molecule has 2 aromatic heterocycles. The number of nitrogens with zero attached hydrogens (tertiary/aromatic N) is 4. The molecule has 13 heavy (non-hydrogen) atoms. The van der Waals surface area contributed by atoms with Crippen LogP contribution >= 0.6 is 11.6 Å². The van der Waals surface area contributed by atoms with Crippen molar-refractivity contribution in [1.29, 1.82) is 0 Å². The normalized spacial score (nSPS) is 11.1. The first-order chi connectivity index (χ1) is 6.09. The third-order valence-electron chi connectivity index (χ3n) is 2.02. The lowest BCUT2D eigenvalue weighted by Gasteiger charge is -1.98. The minimum Gasteiger partial charge on any atom is -0.327 e. The predicted molar refractivity (Wildman–Crippen MR) is 50.8 cm³/mol. The zero-order chi connectivity index (χ0) is 9.59. The molecule has 2 aromatic rings. The van der Waals surface area contributed by atoms with E-state index in [9.17, 15) is 0 Å². The Kier molecular flexibility index (Phi) is 1.73. The van der Waals surface area contributed by atoms with Crippen LogP contribution in [0.1, 0.15) is 11.6 Å². The summed E-state index contributed by atoms with van der Waals surface area (Å²) in [6.45, 7) is 3.71. The van der Waals surface area contributed by atoms with Crippen molar-refractivity contribution >= 4 is 22.8 Å². The monoisotopic (exact) mass is 196 g/mol. The highest BCUT2D eigenvalue weighted by molar-refractivity contribution is 6.33. The van der Waals surface area contributed by atoms with E-state index in [-0.39, 0.29) is 0 Å². The van der Waals surface area contributed by atoms with Gasteiger partial charge in [0.15, 0.2) is 10.8 Å². The largest absolute Gasteiger partial charge is 0.327 e. The molecule has 5 heteroatoms. The molecule has 0 spiro atoms. The van der Waals surface area contributed by atoms with Crippen molar-refractivity contribution in [3.8, 4) is 0 Å². The van der Waals surface area contributed by atoms with E-state index in [2.05, 4.69) is 15.0 Å². The van der Waals surface area contributed by atoms with Crippen LogP contribution < -0.4 is 0 Å². The number of imidazole rings is 1. The maximum absolute atomic E-state index is 5.97. The number of aromatic nitrogens is 4. The zero-order valence-corrected chi connectivity index (χ0v) is 8.42. The molecule has 0 unspecified atom stereocenters. The number of aryl methyl sites for hydroxylation is 3. The second-order valence-electron chi connectivity index (χ2n) is 2.95. The Bertz CT molecular complexity index is 474. The molecule has 0 fully saturated rings. The molecule has 68 valence electrons. The Morgan fingerprint density at radius 1 is 1.15 bits per heavy atom. The van der Waals surface area contributed by atoms with Crippen LogP contribution in [-0.4, -0.2) is 19.5 Å². The molecule has 0 aliphatic carbocycles. The highest BCUT2D eigenvalue weighted by atomic mass is 35.5. The Hall–Kier alpha value is -1.16. The van der Waals surface area contributed by atoms with Crippen molar-refractivity contribution < 1.29 is 0 Å². The minimum absolute atomic E-state index is 0.464. The van der Waals surface area contributed by atoms with Gasteiger partial charge in [0.05, 0.1) is 0 Å². The number of fused-ring (bicyclic) bond motifs is 1. The van der Waals surface area contributed by atoms with Gasteiger partial charge in [0.25, 0.3) is 0 Å². The lowest BCUT2D eigenvalue weighted by atomic mass is 10.5. The van der Waals surface area contributed by atoms with E-state index in [1.807, 2.05) is 18.5 Å².